The number of benzene rings is 3. The van der Waals surface area contributed by atoms with E-state index in [0.29, 0.717) is 10.8 Å². The Balaban J connectivity index is 1.78. The average Bonchev–Trinajstić information content (AvgIpc) is 3.22. The molecular weight excluding hydrogens is 412 g/mol. The number of carbonyl (C=O) groups is 1. The van der Waals surface area contributed by atoms with Gasteiger partial charge in [0.2, 0.25) is 5.82 Å². The Morgan fingerprint density at radius 2 is 1.68 bits per heavy atom. The monoisotopic (exact) mass is 432 g/mol. The zero-order valence-corrected chi connectivity index (χ0v) is 18.1. The first-order chi connectivity index (χ1) is 15.0. The molecule has 6 nitrogen and oxygen atoms in total. The van der Waals surface area contributed by atoms with Gasteiger partial charge in [0.1, 0.15) is 5.75 Å². The second-order valence-electron chi connectivity index (χ2n) is 7.10. The molecule has 0 aliphatic rings. The summed E-state index contributed by atoms with van der Waals surface area (Å²) in [7, 11) is 1.61. The van der Waals surface area contributed by atoms with Crippen molar-refractivity contribution in [3.05, 3.63) is 88.7 Å². The Hall–Kier alpha value is -3.64. The number of aryl methyl sites for hydroxylation is 2. The first-order valence-electron chi connectivity index (χ1n) is 9.71. The molecule has 0 aliphatic heterocycles. The number of amides is 1. The molecule has 0 saturated heterocycles. The Bertz CT molecular complexity index is 1230. The number of nitrogens with one attached hydrogen (secondary N) is 1. The van der Waals surface area contributed by atoms with E-state index in [9.17, 15) is 4.79 Å². The highest BCUT2D eigenvalue weighted by atomic mass is 35.5. The topological polar surface area (TPSA) is 69.0 Å². The fourth-order valence-corrected chi connectivity index (χ4v) is 3.50. The molecule has 0 radical (unpaired) electrons. The van der Waals surface area contributed by atoms with Gasteiger partial charge in [-0.15, -0.1) is 5.10 Å². The minimum absolute atomic E-state index is 0.0634. The summed E-state index contributed by atoms with van der Waals surface area (Å²) in [5.74, 6) is 0.918. The summed E-state index contributed by atoms with van der Waals surface area (Å²) in [6, 6.07) is 20.5. The number of hydrogen-bond donors (Lipinski definition) is 1. The number of anilines is 1. The summed E-state index contributed by atoms with van der Waals surface area (Å²) in [4.78, 5) is 17.6. The van der Waals surface area contributed by atoms with Crippen molar-refractivity contribution >= 4 is 23.2 Å². The molecule has 0 fully saturated rings. The highest BCUT2D eigenvalue weighted by Gasteiger charge is 2.20. The van der Waals surface area contributed by atoms with Gasteiger partial charge in [0.05, 0.1) is 12.8 Å². The lowest BCUT2D eigenvalue weighted by molar-refractivity contribution is 0.101. The fraction of sp³-hybridized carbons (Fsp3) is 0.125. The molecule has 1 N–H and O–H groups in total. The Morgan fingerprint density at radius 3 is 2.32 bits per heavy atom. The van der Waals surface area contributed by atoms with Gasteiger partial charge in [0, 0.05) is 16.3 Å². The van der Waals surface area contributed by atoms with Crippen LogP contribution in [0.2, 0.25) is 5.02 Å². The first-order valence-corrected chi connectivity index (χ1v) is 10.1. The minimum atomic E-state index is -0.382. The van der Waals surface area contributed by atoms with Crippen molar-refractivity contribution in [1.82, 2.24) is 14.8 Å². The molecule has 0 spiro atoms. The quantitative estimate of drug-likeness (QED) is 0.454. The Kier molecular flexibility index (Phi) is 5.73. The molecule has 156 valence electrons. The van der Waals surface area contributed by atoms with Crippen LogP contribution in [0.4, 0.5) is 5.69 Å². The lowest BCUT2D eigenvalue weighted by Gasteiger charge is -2.09. The van der Waals surface area contributed by atoms with E-state index in [4.69, 9.17) is 16.3 Å². The van der Waals surface area contributed by atoms with E-state index in [0.717, 1.165) is 33.8 Å². The van der Waals surface area contributed by atoms with Crippen molar-refractivity contribution < 1.29 is 9.53 Å². The van der Waals surface area contributed by atoms with Crippen LogP contribution < -0.4 is 10.1 Å². The van der Waals surface area contributed by atoms with Crippen LogP contribution >= 0.6 is 11.6 Å². The molecule has 0 unspecified atom stereocenters. The molecule has 0 saturated carbocycles. The van der Waals surface area contributed by atoms with Gasteiger partial charge in [0.15, 0.2) is 5.82 Å². The van der Waals surface area contributed by atoms with Crippen molar-refractivity contribution in [2.24, 2.45) is 0 Å². The number of methoxy groups -OCH3 is 1. The van der Waals surface area contributed by atoms with Crippen LogP contribution in [-0.2, 0) is 0 Å². The zero-order chi connectivity index (χ0) is 22.0. The maximum Gasteiger partial charge on any atom is 0.295 e. The number of halogens is 1. The maximum absolute atomic E-state index is 13.0. The van der Waals surface area contributed by atoms with Gasteiger partial charge in [-0.1, -0.05) is 41.9 Å². The van der Waals surface area contributed by atoms with Crippen molar-refractivity contribution in [3.8, 4) is 22.8 Å². The van der Waals surface area contributed by atoms with E-state index >= 15 is 0 Å². The molecule has 3 aromatic carbocycles. The van der Waals surface area contributed by atoms with E-state index in [1.165, 1.54) is 0 Å². The summed E-state index contributed by atoms with van der Waals surface area (Å²) in [5, 5.41) is 8.02. The number of nitrogens with zero attached hydrogens (tertiary/aromatic N) is 3. The van der Waals surface area contributed by atoms with E-state index in [-0.39, 0.29) is 11.7 Å². The molecule has 7 heteroatoms. The Morgan fingerprint density at radius 1 is 1.00 bits per heavy atom. The smallest absolute Gasteiger partial charge is 0.295 e. The second kappa shape index (κ2) is 8.62. The van der Waals surface area contributed by atoms with Crippen LogP contribution in [0.3, 0.4) is 0 Å². The number of rotatable bonds is 5. The molecule has 1 aromatic heterocycles. The summed E-state index contributed by atoms with van der Waals surface area (Å²) in [6.45, 7) is 3.90. The highest BCUT2D eigenvalue weighted by molar-refractivity contribution is 6.30. The lowest BCUT2D eigenvalue weighted by Crippen LogP contribution is -2.16. The standard InChI is InChI=1S/C24H21ClN4O2/c1-15-6-4-7-16(2)21(15)26-24(30)22-27-23(17-8-5-9-18(25)14-17)29(28-22)19-10-12-20(31-3)13-11-19/h4-14H,1-3H3,(H,26,30). The number of hydrogen-bond acceptors (Lipinski definition) is 4. The van der Waals surface area contributed by atoms with Crippen molar-refractivity contribution in [3.63, 3.8) is 0 Å². The number of para-hydroxylation sites is 1. The van der Waals surface area contributed by atoms with Gasteiger partial charge in [-0.05, 0) is 61.4 Å². The SMILES string of the molecule is COc1ccc(-n2nc(C(=O)Nc3c(C)cccc3C)nc2-c2cccc(Cl)c2)cc1. The summed E-state index contributed by atoms with van der Waals surface area (Å²) >= 11 is 6.19. The maximum atomic E-state index is 13.0. The third-order valence-corrected chi connectivity index (χ3v) is 5.16. The molecule has 0 bridgehead atoms. The zero-order valence-electron chi connectivity index (χ0n) is 17.4. The van der Waals surface area contributed by atoms with Crippen LogP contribution in [0.5, 0.6) is 5.75 Å². The van der Waals surface area contributed by atoms with E-state index in [1.54, 1.807) is 23.9 Å². The molecule has 1 amide bonds. The molecule has 4 aromatic rings. The van der Waals surface area contributed by atoms with E-state index < -0.39 is 0 Å². The van der Waals surface area contributed by atoms with Crippen LogP contribution in [0.15, 0.2) is 66.7 Å². The molecule has 0 atom stereocenters. The molecule has 0 aliphatic carbocycles. The average molecular weight is 433 g/mol. The highest BCUT2D eigenvalue weighted by Crippen LogP contribution is 2.26. The van der Waals surface area contributed by atoms with Crippen molar-refractivity contribution in [1.29, 1.82) is 0 Å². The van der Waals surface area contributed by atoms with Crippen LogP contribution in [0.25, 0.3) is 17.1 Å². The van der Waals surface area contributed by atoms with Gasteiger partial charge in [-0.25, -0.2) is 9.67 Å². The van der Waals surface area contributed by atoms with Gasteiger partial charge >= 0.3 is 0 Å². The van der Waals surface area contributed by atoms with Crippen molar-refractivity contribution in [2.45, 2.75) is 13.8 Å². The molecular formula is C24H21ClN4O2. The van der Waals surface area contributed by atoms with Crippen LogP contribution in [0, 0.1) is 13.8 Å². The van der Waals surface area contributed by atoms with Crippen LogP contribution in [-0.4, -0.2) is 27.8 Å². The van der Waals surface area contributed by atoms with Gasteiger partial charge in [0.25, 0.3) is 5.91 Å². The second-order valence-corrected chi connectivity index (χ2v) is 7.54. The van der Waals surface area contributed by atoms with E-state index in [2.05, 4.69) is 15.4 Å². The third kappa shape index (κ3) is 4.29. The predicted molar refractivity (Wildman–Crippen MR) is 122 cm³/mol. The van der Waals surface area contributed by atoms with Gasteiger partial charge in [-0.2, -0.15) is 0 Å². The molecule has 31 heavy (non-hydrogen) atoms. The fourth-order valence-electron chi connectivity index (χ4n) is 3.31. The van der Waals surface area contributed by atoms with Gasteiger partial charge in [-0.3, -0.25) is 4.79 Å². The van der Waals surface area contributed by atoms with Crippen LogP contribution in [0.1, 0.15) is 21.7 Å². The van der Waals surface area contributed by atoms with Gasteiger partial charge < -0.3 is 10.1 Å². The summed E-state index contributed by atoms with van der Waals surface area (Å²) in [5.41, 5.74) is 4.20. The third-order valence-electron chi connectivity index (χ3n) is 4.93. The normalized spacial score (nSPS) is 10.7. The number of ether oxygens (including phenoxy) is 1. The lowest BCUT2D eigenvalue weighted by atomic mass is 10.1. The Labute approximate surface area is 185 Å². The molecule has 1 heterocycles. The van der Waals surface area contributed by atoms with Crippen molar-refractivity contribution in [2.75, 3.05) is 12.4 Å². The minimum Gasteiger partial charge on any atom is -0.497 e. The van der Waals surface area contributed by atoms with E-state index in [1.807, 2.05) is 68.4 Å². The first kappa shape index (κ1) is 20.6. The number of aromatic nitrogens is 3. The number of carbonyl (C=O) groups excluding carboxylic acids is 1. The summed E-state index contributed by atoms with van der Waals surface area (Å²) in [6.07, 6.45) is 0. The molecule has 4 rings (SSSR count). The summed E-state index contributed by atoms with van der Waals surface area (Å²) < 4.78 is 6.87. The largest absolute Gasteiger partial charge is 0.497 e. The predicted octanol–water partition coefficient (Wildman–Crippen LogP) is 5.47.